The lowest BCUT2D eigenvalue weighted by Crippen LogP contribution is -1.96. The molecule has 0 saturated carbocycles. The van der Waals surface area contributed by atoms with Crippen LogP contribution in [0.5, 0.6) is 0 Å². The van der Waals surface area contributed by atoms with Gasteiger partial charge in [0, 0.05) is 38.6 Å². The highest BCUT2D eigenvalue weighted by Crippen LogP contribution is 2.41. The van der Waals surface area contributed by atoms with Crippen molar-refractivity contribution in [2.24, 2.45) is 0 Å². The summed E-state index contributed by atoms with van der Waals surface area (Å²) in [6.07, 6.45) is 0.867. The number of nitrogens with zero attached hydrogens (tertiary/aromatic N) is 1. The molecule has 30 heavy (non-hydrogen) atoms. The standard InChI is InChI=1S/C25H16Cl2NOS/c26-20-11-12-24(23(27)15-20)30-28-25-21(18-7-3-1-4-8-18)13-17(16-29)14-22(25)19-9-5-2-6-10-19/h1-16H. The van der Waals surface area contributed by atoms with Gasteiger partial charge in [0.25, 0.3) is 0 Å². The van der Waals surface area contributed by atoms with Crippen LogP contribution in [0.25, 0.3) is 22.3 Å². The smallest absolute Gasteiger partial charge is 0.150 e. The van der Waals surface area contributed by atoms with Crippen molar-refractivity contribution in [1.82, 2.24) is 4.72 Å². The van der Waals surface area contributed by atoms with Crippen LogP contribution in [0.2, 0.25) is 10.0 Å². The van der Waals surface area contributed by atoms with Crippen LogP contribution in [0.3, 0.4) is 0 Å². The quantitative estimate of drug-likeness (QED) is 0.220. The number of hydrogen-bond acceptors (Lipinski definition) is 2. The Bertz CT molecular complexity index is 1120. The summed E-state index contributed by atoms with van der Waals surface area (Å²) in [4.78, 5) is 12.5. The summed E-state index contributed by atoms with van der Waals surface area (Å²) in [5.74, 6) is 0. The molecule has 0 heterocycles. The zero-order valence-electron chi connectivity index (χ0n) is 15.8. The average molecular weight is 449 g/mol. The highest BCUT2D eigenvalue weighted by molar-refractivity contribution is 7.97. The first-order valence-electron chi connectivity index (χ1n) is 9.23. The summed E-state index contributed by atoms with van der Waals surface area (Å²) in [7, 11) is 0. The summed E-state index contributed by atoms with van der Waals surface area (Å²) in [5, 5.41) is 1.12. The SMILES string of the molecule is O=Cc1cc(-c2ccccc2)c([N]Sc2ccc(Cl)cc2Cl)c(-c2ccccc2)c1. The number of carbonyl (C=O) groups is 1. The van der Waals surface area contributed by atoms with Crippen LogP contribution in [-0.2, 0) is 0 Å². The van der Waals surface area contributed by atoms with Gasteiger partial charge < -0.3 is 0 Å². The van der Waals surface area contributed by atoms with Gasteiger partial charge in [0.1, 0.15) is 6.29 Å². The second-order valence-corrected chi connectivity index (χ2v) is 8.22. The minimum atomic E-state index is 0.545. The number of aldehydes is 1. The fraction of sp³-hybridized carbons (Fsp3) is 0. The molecular formula is C25H16Cl2NOS. The van der Waals surface area contributed by atoms with Crippen LogP contribution in [0.15, 0.2) is 95.9 Å². The van der Waals surface area contributed by atoms with Crippen LogP contribution >= 0.6 is 35.1 Å². The largest absolute Gasteiger partial charge is 0.298 e. The molecule has 0 saturated heterocycles. The van der Waals surface area contributed by atoms with Crippen LogP contribution in [-0.4, -0.2) is 6.29 Å². The Kier molecular flexibility index (Phi) is 6.44. The summed E-state index contributed by atoms with van der Waals surface area (Å²) < 4.78 is 4.87. The van der Waals surface area contributed by atoms with Crippen molar-refractivity contribution < 1.29 is 4.79 Å². The first-order chi connectivity index (χ1) is 14.7. The molecule has 2 nitrogen and oxygen atoms in total. The molecule has 0 fully saturated rings. The lowest BCUT2D eigenvalue weighted by Gasteiger charge is -2.16. The van der Waals surface area contributed by atoms with E-state index in [4.69, 9.17) is 27.9 Å². The van der Waals surface area contributed by atoms with Crippen LogP contribution in [0, 0.1) is 0 Å². The van der Waals surface area contributed by atoms with Gasteiger partial charge in [-0.15, -0.1) is 0 Å². The second-order valence-electron chi connectivity index (χ2n) is 6.57. The van der Waals surface area contributed by atoms with E-state index in [0.717, 1.165) is 39.1 Å². The molecule has 4 aromatic carbocycles. The molecule has 1 radical (unpaired) electrons. The van der Waals surface area contributed by atoms with E-state index in [1.165, 1.54) is 11.9 Å². The van der Waals surface area contributed by atoms with Gasteiger partial charge in [-0.2, -0.15) is 0 Å². The minimum absolute atomic E-state index is 0.545. The van der Waals surface area contributed by atoms with Gasteiger partial charge in [0.2, 0.25) is 0 Å². The fourth-order valence-electron chi connectivity index (χ4n) is 3.14. The molecule has 0 unspecified atom stereocenters. The average Bonchev–Trinajstić information content (AvgIpc) is 2.79. The Morgan fingerprint density at radius 1 is 0.733 bits per heavy atom. The van der Waals surface area contributed by atoms with Gasteiger partial charge in [-0.3, -0.25) is 4.79 Å². The molecule has 4 rings (SSSR count). The highest BCUT2D eigenvalue weighted by Gasteiger charge is 2.17. The number of halogens is 2. The summed E-state index contributed by atoms with van der Waals surface area (Å²) in [5.41, 5.74) is 5.13. The van der Waals surface area contributed by atoms with E-state index in [9.17, 15) is 4.79 Å². The zero-order valence-corrected chi connectivity index (χ0v) is 18.1. The Morgan fingerprint density at radius 3 is 1.80 bits per heavy atom. The number of benzene rings is 4. The van der Waals surface area contributed by atoms with E-state index in [2.05, 4.69) is 0 Å². The number of hydrogen-bond donors (Lipinski definition) is 0. The molecule has 0 atom stereocenters. The van der Waals surface area contributed by atoms with Crippen LogP contribution in [0.4, 0.5) is 5.69 Å². The third kappa shape index (κ3) is 4.54. The van der Waals surface area contributed by atoms with Crippen molar-refractivity contribution in [3.8, 4) is 22.3 Å². The maximum Gasteiger partial charge on any atom is 0.150 e. The predicted octanol–water partition coefficient (Wildman–Crippen LogP) is 8.08. The Hall–Kier alpha value is -2.72. The Morgan fingerprint density at radius 2 is 1.30 bits per heavy atom. The van der Waals surface area contributed by atoms with E-state index in [-0.39, 0.29) is 0 Å². The van der Waals surface area contributed by atoms with Gasteiger partial charge >= 0.3 is 0 Å². The first-order valence-corrected chi connectivity index (χ1v) is 10.8. The molecular weight excluding hydrogens is 433 g/mol. The van der Waals surface area contributed by atoms with Gasteiger partial charge in [-0.05, 0) is 41.5 Å². The van der Waals surface area contributed by atoms with Crippen molar-refractivity contribution in [2.45, 2.75) is 4.90 Å². The van der Waals surface area contributed by atoms with Crippen LogP contribution < -0.4 is 4.72 Å². The number of carbonyl (C=O) groups excluding carboxylic acids is 1. The molecule has 0 bridgehead atoms. The normalized spacial score (nSPS) is 10.6. The van der Waals surface area contributed by atoms with Crippen molar-refractivity contribution in [3.05, 3.63) is 107 Å². The molecule has 0 aliphatic heterocycles. The summed E-state index contributed by atoms with van der Waals surface area (Å²) >= 11 is 13.7. The lowest BCUT2D eigenvalue weighted by molar-refractivity contribution is 0.112. The molecule has 0 amide bonds. The maximum absolute atomic E-state index is 11.7. The minimum Gasteiger partial charge on any atom is -0.298 e. The van der Waals surface area contributed by atoms with E-state index >= 15 is 0 Å². The van der Waals surface area contributed by atoms with Crippen molar-refractivity contribution in [1.29, 1.82) is 0 Å². The molecule has 0 aromatic heterocycles. The Labute approximate surface area is 190 Å². The Balaban J connectivity index is 1.86. The summed E-state index contributed by atoms with van der Waals surface area (Å²) in [6.45, 7) is 0. The third-order valence-electron chi connectivity index (χ3n) is 4.57. The van der Waals surface area contributed by atoms with Gasteiger partial charge in [0.05, 0.1) is 10.7 Å². The van der Waals surface area contributed by atoms with Crippen molar-refractivity contribution in [3.63, 3.8) is 0 Å². The molecule has 0 spiro atoms. The van der Waals surface area contributed by atoms with Gasteiger partial charge in [-0.25, -0.2) is 4.72 Å². The monoisotopic (exact) mass is 448 g/mol. The van der Waals surface area contributed by atoms with E-state index in [1.807, 2.05) is 78.9 Å². The molecule has 4 aromatic rings. The topological polar surface area (TPSA) is 31.2 Å². The molecule has 147 valence electrons. The third-order valence-corrected chi connectivity index (χ3v) is 6.05. The van der Waals surface area contributed by atoms with Gasteiger partial charge in [0.15, 0.2) is 0 Å². The fourth-order valence-corrected chi connectivity index (χ4v) is 4.32. The molecule has 0 N–H and O–H groups in total. The molecule has 5 heteroatoms. The van der Waals surface area contributed by atoms with Crippen molar-refractivity contribution >= 4 is 47.1 Å². The number of rotatable bonds is 6. The lowest BCUT2D eigenvalue weighted by atomic mass is 9.94. The molecule has 0 aliphatic carbocycles. The van der Waals surface area contributed by atoms with Gasteiger partial charge in [-0.1, -0.05) is 83.9 Å². The zero-order chi connectivity index (χ0) is 20.9. The summed E-state index contributed by atoms with van der Waals surface area (Å²) in [6, 6.07) is 28.9. The van der Waals surface area contributed by atoms with Crippen molar-refractivity contribution in [2.75, 3.05) is 0 Å². The van der Waals surface area contributed by atoms with E-state index < -0.39 is 0 Å². The maximum atomic E-state index is 11.7. The molecule has 0 aliphatic rings. The van der Waals surface area contributed by atoms with Crippen LogP contribution in [0.1, 0.15) is 10.4 Å². The second kappa shape index (κ2) is 9.40. The van der Waals surface area contributed by atoms with E-state index in [1.54, 1.807) is 12.1 Å². The highest BCUT2D eigenvalue weighted by atomic mass is 35.5. The van der Waals surface area contributed by atoms with E-state index in [0.29, 0.717) is 15.6 Å². The predicted molar refractivity (Wildman–Crippen MR) is 127 cm³/mol. The first kappa shape index (κ1) is 20.5.